The van der Waals surface area contributed by atoms with Gasteiger partial charge < -0.3 is 14.6 Å². The number of nitrogens with zero attached hydrogens (tertiary/aromatic N) is 2. The van der Waals surface area contributed by atoms with Crippen LogP contribution in [0.4, 0.5) is 5.69 Å². The highest BCUT2D eigenvalue weighted by Gasteiger charge is 2.42. The number of ether oxygens (including phenoxy) is 1. The molecule has 1 saturated heterocycles. The summed E-state index contributed by atoms with van der Waals surface area (Å²) in [6.45, 7) is 5.30. The fourth-order valence-electron chi connectivity index (χ4n) is 3.39. The Morgan fingerprint density at radius 2 is 2.07 bits per heavy atom. The summed E-state index contributed by atoms with van der Waals surface area (Å²) in [6, 6.07) is 4.63. The quantitative estimate of drug-likeness (QED) is 0.837. The molecule has 0 saturated carbocycles. The predicted octanol–water partition coefficient (Wildman–Crippen LogP) is 2.40. The maximum atomic E-state index is 13.1. The fraction of sp³-hybridized carbons (Fsp3) is 0.444. The van der Waals surface area contributed by atoms with Gasteiger partial charge in [-0.3, -0.25) is 4.79 Å². The van der Waals surface area contributed by atoms with Crippen LogP contribution in [0.1, 0.15) is 29.9 Å². The van der Waals surface area contributed by atoms with E-state index in [1.807, 2.05) is 13.0 Å². The Kier molecular flexibility index (Phi) is 5.25. The van der Waals surface area contributed by atoms with E-state index in [-0.39, 0.29) is 23.1 Å². The number of anilines is 1. The number of methoxy groups -OCH3 is 1. The number of aryl methyl sites for hydroxylation is 3. The summed E-state index contributed by atoms with van der Waals surface area (Å²) in [5.74, 6) is 0.359. The van der Waals surface area contributed by atoms with E-state index in [0.29, 0.717) is 30.0 Å². The van der Waals surface area contributed by atoms with Gasteiger partial charge in [-0.1, -0.05) is 11.2 Å². The fourth-order valence-corrected chi connectivity index (χ4v) is 5.34. The number of sulfonamides is 1. The van der Waals surface area contributed by atoms with E-state index in [1.54, 1.807) is 26.0 Å². The average molecular weight is 393 g/mol. The summed E-state index contributed by atoms with van der Waals surface area (Å²) in [5.41, 5.74) is 1.76. The molecule has 9 heteroatoms. The maximum absolute atomic E-state index is 13.1. The van der Waals surface area contributed by atoms with Gasteiger partial charge in [0.1, 0.15) is 22.4 Å². The molecule has 146 valence electrons. The van der Waals surface area contributed by atoms with Gasteiger partial charge in [-0.25, -0.2) is 8.42 Å². The molecule has 1 aliphatic rings. The summed E-state index contributed by atoms with van der Waals surface area (Å²) in [5, 5.41) is 6.54. The molecule has 1 aliphatic heterocycles. The lowest BCUT2D eigenvalue weighted by molar-refractivity contribution is -0.119. The second-order valence-electron chi connectivity index (χ2n) is 6.62. The van der Waals surface area contributed by atoms with E-state index in [2.05, 4.69) is 10.5 Å². The first-order chi connectivity index (χ1) is 12.8. The average Bonchev–Trinajstić information content (AvgIpc) is 3.22. The van der Waals surface area contributed by atoms with Crippen LogP contribution >= 0.6 is 0 Å². The van der Waals surface area contributed by atoms with Crippen molar-refractivity contribution in [2.75, 3.05) is 19.0 Å². The smallest absolute Gasteiger partial charge is 0.249 e. The monoisotopic (exact) mass is 393 g/mol. The predicted molar refractivity (Wildman–Crippen MR) is 99.3 cm³/mol. The van der Waals surface area contributed by atoms with Gasteiger partial charge >= 0.3 is 0 Å². The van der Waals surface area contributed by atoms with Gasteiger partial charge in [-0.2, -0.15) is 4.31 Å². The summed E-state index contributed by atoms with van der Waals surface area (Å²) >= 11 is 0. The maximum Gasteiger partial charge on any atom is 0.249 e. The third-order valence-corrected chi connectivity index (χ3v) is 6.81. The number of aromatic nitrogens is 1. The number of benzene rings is 1. The van der Waals surface area contributed by atoms with Crippen molar-refractivity contribution in [1.29, 1.82) is 0 Å². The zero-order valence-electron chi connectivity index (χ0n) is 15.8. The van der Waals surface area contributed by atoms with E-state index in [9.17, 15) is 13.2 Å². The number of rotatable bonds is 5. The van der Waals surface area contributed by atoms with Crippen LogP contribution in [0, 0.1) is 20.8 Å². The third-order valence-electron chi connectivity index (χ3n) is 4.65. The van der Waals surface area contributed by atoms with Crippen LogP contribution in [-0.4, -0.2) is 43.5 Å². The molecule has 1 aromatic heterocycles. The van der Waals surface area contributed by atoms with Gasteiger partial charge in [0.25, 0.3) is 0 Å². The second kappa shape index (κ2) is 7.32. The van der Waals surface area contributed by atoms with Crippen molar-refractivity contribution in [2.45, 2.75) is 44.6 Å². The minimum atomic E-state index is -3.88. The van der Waals surface area contributed by atoms with Crippen LogP contribution in [0.2, 0.25) is 0 Å². The Morgan fingerprint density at radius 1 is 1.33 bits per heavy atom. The van der Waals surface area contributed by atoms with Gasteiger partial charge in [0.05, 0.1) is 12.8 Å². The third kappa shape index (κ3) is 3.57. The lowest BCUT2D eigenvalue weighted by Crippen LogP contribution is -2.43. The Hall–Kier alpha value is -2.39. The summed E-state index contributed by atoms with van der Waals surface area (Å²) < 4.78 is 37.7. The molecule has 1 N–H and O–H groups in total. The van der Waals surface area contributed by atoms with Gasteiger partial charge in [0, 0.05) is 6.54 Å². The molecule has 2 aromatic rings. The van der Waals surface area contributed by atoms with E-state index in [4.69, 9.17) is 9.26 Å². The molecule has 1 fully saturated rings. The van der Waals surface area contributed by atoms with Crippen LogP contribution in [0.3, 0.4) is 0 Å². The van der Waals surface area contributed by atoms with Crippen molar-refractivity contribution in [1.82, 2.24) is 9.46 Å². The molecule has 27 heavy (non-hydrogen) atoms. The van der Waals surface area contributed by atoms with Crippen molar-refractivity contribution in [2.24, 2.45) is 0 Å². The molecule has 3 rings (SSSR count). The highest BCUT2D eigenvalue weighted by Crippen LogP contribution is 2.31. The summed E-state index contributed by atoms with van der Waals surface area (Å²) in [7, 11) is -2.36. The normalized spacial score (nSPS) is 17.9. The van der Waals surface area contributed by atoms with Gasteiger partial charge in [0.15, 0.2) is 5.76 Å². The minimum Gasteiger partial charge on any atom is -0.495 e. The Balaban J connectivity index is 1.89. The van der Waals surface area contributed by atoms with Crippen LogP contribution < -0.4 is 10.1 Å². The van der Waals surface area contributed by atoms with Crippen molar-refractivity contribution >= 4 is 21.6 Å². The Bertz CT molecular complexity index is 948. The van der Waals surface area contributed by atoms with Crippen LogP contribution in [0.5, 0.6) is 5.75 Å². The molecule has 1 atom stereocenters. The van der Waals surface area contributed by atoms with Crippen molar-refractivity contribution < 1.29 is 22.5 Å². The number of carbonyl (C=O) groups is 1. The number of hydrogen-bond donors (Lipinski definition) is 1. The number of nitrogens with one attached hydrogen (secondary N) is 1. The molecular weight excluding hydrogens is 370 g/mol. The van der Waals surface area contributed by atoms with Crippen molar-refractivity contribution in [3.8, 4) is 5.75 Å². The van der Waals surface area contributed by atoms with E-state index < -0.39 is 16.1 Å². The van der Waals surface area contributed by atoms with E-state index in [0.717, 1.165) is 5.56 Å². The van der Waals surface area contributed by atoms with Crippen LogP contribution in [0.25, 0.3) is 0 Å². The minimum absolute atomic E-state index is 0.0373. The van der Waals surface area contributed by atoms with E-state index in [1.165, 1.54) is 11.4 Å². The zero-order valence-corrected chi connectivity index (χ0v) is 16.6. The largest absolute Gasteiger partial charge is 0.495 e. The first-order valence-electron chi connectivity index (χ1n) is 8.66. The lowest BCUT2D eigenvalue weighted by atomic mass is 10.1. The molecule has 1 amide bonds. The Morgan fingerprint density at radius 3 is 2.70 bits per heavy atom. The molecule has 2 heterocycles. The topological polar surface area (TPSA) is 102 Å². The molecule has 0 radical (unpaired) electrons. The first kappa shape index (κ1) is 19.4. The number of hydrogen-bond acceptors (Lipinski definition) is 6. The standard InChI is InChI=1S/C18H23N3O5S/c1-11-7-8-16(25-4)14(10-11)19-18(22)15-6-5-9-21(15)27(23,24)17-12(2)20-26-13(17)3/h7-8,10,15H,5-6,9H2,1-4H3,(H,19,22)/t15-/m1/s1. The van der Waals surface area contributed by atoms with Gasteiger partial charge in [0.2, 0.25) is 15.9 Å². The van der Waals surface area contributed by atoms with Crippen LogP contribution in [0.15, 0.2) is 27.6 Å². The van der Waals surface area contributed by atoms with Crippen molar-refractivity contribution in [3.63, 3.8) is 0 Å². The Labute approximate surface area is 158 Å². The van der Waals surface area contributed by atoms with Crippen LogP contribution in [-0.2, 0) is 14.8 Å². The van der Waals surface area contributed by atoms with E-state index >= 15 is 0 Å². The summed E-state index contributed by atoms with van der Waals surface area (Å²) in [4.78, 5) is 12.9. The molecule has 8 nitrogen and oxygen atoms in total. The highest BCUT2D eigenvalue weighted by molar-refractivity contribution is 7.89. The number of amides is 1. The molecule has 0 spiro atoms. The van der Waals surface area contributed by atoms with Gasteiger partial charge in [-0.05, 0) is 51.3 Å². The second-order valence-corrected chi connectivity index (χ2v) is 8.45. The molecule has 0 bridgehead atoms. The van der Waals surface area contributed by atoms with Crippen molar-refractivity contribution in [3.05, 3.63) is 35.2 Å². The lowest BCUT2D eigenvalue weighted by Gasteiger charge is -2.23. The van der Waals surface area contributed by atoms with Gasteiger partial charge in [-0.15, -0.1) is 0 Å². The SMILES string of the molecule is COc1ccc(C)cc1NC(=O)[C@H]1CCCN1S(=O)(=O)c1c(C)noc1C. The first-order valence-corrected chi connectivity index (χ1v) is 10.1. The summed E-state index contributed by atoms with van der Waals surface area (Å²) in [6.07, 6.45) is 1.05. The molecule has 1 aromatic carbocycles. The molecule has 0 aliphatic carbocycles. The number of carbonyl (C=O) groups excluding carboxylic acids is 1. The molecule has 0 unspecified atom stereocenters. The highest BCUT2D eigenvalue weighted by atomic mass is 32.2. The molecular formula is C18H23N3O5S. The zero-order chi connectivity index (χ0) is 19.8.